The average molecular weight is 260 g/mol. The normalized spacial score (nSPS) is 19.6. The van der Waals surface area contributed by atoms with Crippen LogP contribution in [0.3, 0.4) is 0 Å². The second-order valence-corrected chi connectivity index (χ2v) is 5.67. The highest BCUT2D eigenvalue weighted by molar-refractivity contribution is 5.97. The third-order valence-corrected chi connectivity index (χ3v) is 3.58. The van der Waals surface area contributed by atoms with Crippen molar-refractivity contribution in [2.45, 2.75) is 27.2 Å². The third-order valence-electron chi connectivity index (χ3n) is 3.58. The predicted molar refractivity (Wildman–Crippen MR) is 75.0 cm³/mol. The zero-order chi connectivity index (χ0) is 14.0. The van der Waals surface area contributed by atoms with Gasteiger partial charge in [0.2, 0.25) is 5.91 Å². The summed E-state index contributed by atoms with van der Waals surface area (Å²) >= 11 is 0. The van der Waals surface area contributed by atoms with Crippen LogP contribution >= 0.6 is 0 Å². The lowest BCUT2D eigenvalue weighted by Gasteiger charge is -2.07. The Morgan fingerprint density at radius 2 is 1.84 bits per heavy atom. The van der Waals surface area contributed by atoms with E-state index < -0.39 is 0 Å². The number of amides is 2. The highest BCUT2D eigenvalue weighted by atomic mass is 16.2. The Hall–Kier alpha value is -1.84. The molecule has 0 heterocycles. The van der Waals surface area contributed by atoms with Crippen LogP contribution in [-0.4, -0.2) is 18.4 Å². The molecular formula is C15H20N2O2. The predicted octanol–water partition coefficient (Wildman–Crippen LogP) is 2.42. The summed E-state index contributed by atoms with van der Waals surface area (Å²) in [5, 5.41) is 5.62. The van der Waals surface area contributed by atoms with E-state index in [4.69, 9.17) is 0 Å². The molecule has 0 aromatic heterocycles. The Morgan fingerprint density at radius 3 is 2.32 bits per heavy atom. The molecule has 0 saturated heterocycles. The monoisotopic (exact) mass is 260 g/mol. The van der Waals surface area contributed by atoms with E-state index in [0.29, 0.717) is 12.1 Å². The van der Waals surface area contributed by atoms with Crippen LogP contribution in [0.4, 0.5) is 5.69 Å². The van der Waals surface area contributed by atoms with Gasteiger partial charge in [0.15, 0.2) is 0 Å². The van der Waals surface area contributed by atoms with Gasteiger partial charge in [-0.05, 0) is 43.0 Å². The lowest BCUT2D eigenvalue weighted by atomic mass is 10.1. The summed E-state index contributed by atoms with van der Waals surface area (Å²) in [6.45, 7) is 6.67. The van der Waals surface area contributed by atoms with Gasteiger partial charge in [0.1, 0.15) is 0 Å². The van der Waals surface area contributed by atoms with E-state index >= 15 is 0 Å². The Bertz CT molecular complexity index is 491. The van der Waals surface area contributed by atoms with E-state index in [-0.39, 0.29) is 23.1 Å². The van der Waals surface area contributed by atoms with E-state index in [0.717, 1.165) is 12.1 Å². The largest absolute Gasteiger partial charge is 0.352 e. The van der Waals surface area contributed by atoms with Gasteiger partial charge in [0.25, 0.3) is 5.91 Å². The minimum atomic E-state index is -0.0938. The van der Waals surface area contributed by atoms with Crippen LogP contribution in [0.1, 0.15) is 37.6 Å². The second kappa shape index (κ2) is 5.03. The molecule has 1 saturated carbocycles. The molecule has 1 aliphatic rings. The number of rotatable bonds is 4. The van der Waals surface area contributed by atoms with Gasteiger partial charge in [-0.1, -0.05) is 13.8 Å². The van der Waals surface area contributed by atoms with E-state index in [1.54, 1.807) is 24.3 Å². The maximum absolute atomic E-state index is 11.9. The molecule has 0 radical (unpaired) electrons. The van der Waals surface area contributed by atoms with Crippen molar-refractivity contribution >= 4 is 17.5 Å². The van der Waals surface area contributed by atoms with Gasteiger partial charge in [-0.2, -0.15) is 0 Å². The fourth-order valence-corrected chi connectivity index (χ4v) is 2.11. The van der Waals surface area contributed by atoms with Crippen LogP contribution in [0, 0.1) is 11.3 Å². The standard InChI is InChI=1S/C15H20N2O2/c1-4-16-13(18)10-5-7-11(8-6-10)17-14(19)12-9-15(12,2)3/h5-8,12H,4,9H2,1-3H3,(H,16,18)(H,17,19). The fraction of sp³-hybridized carbons (Fsp3) is 0.467. The SMILES string of the molecule is CCNC(=O)c1ccc(NC(=O)C2CC2(C)C)cc1. The number of hydrogen-bond donors (Lipinski definition) is 2. The van der Waals surface area contributed by atoms with Crippen molar-refractivity contribution in [1.82, 2.24) is 5.32 Å². The Kier molecular flexibility index (Phi) is 3.60. The van der Waals surface area contributed by atoms with Crippen LogP contribution in [0.15, 0.2) is 24.3 Å². The van der Waals surface area contributed by atoms with Crippen LogP contribution < -0.4 is 10.6 Å². The van der Waals surface area contributed by atoms with Crippen LogP contribution in [0.25, 0.3) is 0 Å². The lowest BCUT2D eigenvalue weighted by molar-refractivity contribution is -0.118. The summed E-state index contributed by atoms with van der Waals surface area (Å²) < 4.78 is 0. The van der Waals surface area contributed by atoms with E-state index in [1.165, 1.54) is 0 Å². The number of nitrogens with one attached hydrogen (secondary N) is 2. The summed E-state index contributed by atoms with van der Waals surface area (Å²) in [5.41, 5.74) is 1.47. The van der Waals surface area contributed by atoms with Crippen molar-refractivity contribution in [2.24, 2.45) is 11.3 Å². The highest BCUT2D eigenvalue weighted by Crippen LogP contribution is 2.51. The molecule has 102 valence electrons. The quantitative estimate of drug-likeness (QED) is 0.873. The summed E-state index contributed by atoms with van der Waals surface area (Å²) in [4.78, 5) is 23.5. The molecule has 2 rings (SSSR count). The van der Waals surface area contributed by atoms with Gasteiger partial charge in [0.05, 0.1) is 0 Å². The van der Waals surface area contributed by atoms with Crippen molar-refractivity contribution in [3.63, 3.8) is 0 Å². The number of carbonyl (C=O) groups is 2. The number of benzene rings is 1. The van der Waals surface area contributed by atoms with Crippen molar-refractivity contribution in [1.29, 1.82) is 0 Å². The first-order valence-electron chi connectivity index (χ1n) is 6.63. The minimum absolute atomic E-state index is 0.0655. The van der Waals surface area contributed by atoms with Gasteiger partial charge in [-0.25, -0.2) is 0 Å². The molecule has 1 aromatic carbocycles. The molecule has 19 heavy (non-hydrogen) atoms. The van der Waals surface area contributed by atoms with Crippen LogP contribution in [-0.2, 0) is 4.79 Å². The Labute approximate surface area is 113 Å². The molecule has 0 aliphatic heterocycles. The lowest BCUT2D eigenvalue weighted by Crippen LogP contribution is -2.22. The molecule has 1 fully saturated rings. The first-order valence-corrected chi connectivity index (χ1v) is 6.63. The third kappa shape index (κ3) is 3.13. The van der Waals surface area contributed by atoms with Gasteiger partial charge in [-0.15, -0.1) is 0 Å². The first-order chi connectivity index (χ1) is 8.94. The molecule has 1 unspecified atom stereocenters. The van der Waals surface area contributed by atoms with E-state index in [9.17, 15) is 9.59 Å². The Morgan fingerprint density at radius 1 is 1.26 bits per heavy atom. The van der Waals surface area contributed by atoms with Gasteiger partial charge >= 0.3 is 0 Å². The summed E-state index contributed by atoms with van der Waals surface area (Å²) in [5.74, 6) is 0.0787. The molecule has 4 heteroatoms. The maximum atomic E-state index is 11.9. The molecule has 1 aliphatic carbocycles. The zero-order valence-electron chi connectivity index (χ0n) is 11.6. The minimum Gasteiger partial charge on any atom is -0.352 e. The molecule has 0 spiro atoms. The average Bonchev–Trinajstić information content (AvgIpc) is 3.00. The smallest absolute Gasteiger partial charge is 0.251 e. The summed E-state index contributed by atoms with van der Waals surface area (Å²) in [7, 11) is 0. The number of anilines is 1. The topological polar surface area (TPSA) is 58.2 Å². The molecule has 0 bridgehead atoms. The first kappa shape index (κ1) is 13.6. The molecule has 4 nitrogen and oxygen atoms in total. The zero-order valence-corrected chi connectivity index (χ0v) is 11.6. The fourth-order valence-electron chi connectivity index (χ4n) is 2.11. The van der Waals surface area contributed by atoms with Crippen LogP contribution in [0.5, 0.6) is 0 Å². The van der Waals surface area contributed by atoms with Crippen molar-refractivity contribution in [2.75, 3.05) is 11.9 Å². The maximum Gasteiger partial charge on any atom is 0.251 e. The van der Waals surface area contributed by atoms with Crippen molar-refractivity contribution in [3.8, 4) is 0 Å². The second-order valence-electron chi connectivity index (χ2n) is 5.67. The molecule has 1 aromatic rings. The van der Waals surface area contributed by atoms with Gasteiger partial charge < -0.3 is 10.6 Å². The van der Waals surface area contributed by atoms with Gasteiger partial charge in [0, 0.05) is 23.7 Å². The molecular weight excluding hydrogens is 240 g/mol. The molecule has 2 amide bonds. The number of hydrogen-bond acceptors (Lipinski definition) is 2. The molecule has 2 N–H and O–H groups in total. The van der Waals surface area contributed by atoms with Crippen LogP contribution in [0.2, 0.25) is 0 Å². The van der Waals surface area contributed by atoms with E-state index in [2.05, 4.69) is 24.5 Å². The number of carbonyl (C=O) groups excluding carboxylic acids is 2. The summed E-state index contributed by atoms with van der Waals surface area (Å²) in [6.07, 6.45) is 0.940. The van der Waals surface area contributed by atoms with Crippen molar-refractivity contribution < 1.29 is 9.59 Å². The molecule has 1 atom stereocenters. The van der Waals surface area contributed by atoms with Crippen molar-refractivity contribution in [3.05, 3.63) is 29.8 Å². The van der Waals surface area contributed by atoms with Gasteiger partial charge in [-0.3, -0.25) is 9.59 Å². The van der Waals surface area contributed by atoms with E-state index in [1.807, 2.05) is 6.92 Å². The Balaban J connectivity index is 1.96. The highest BCUT2D eigenvalue weighted by Gasteiger charge is 2.50. The summed E-state index contributed by atoms with van der Waals surface area (Å²) in [6, 6.07) is 6.97.